The van der Waals surface area contributed by atoms with Crippen LogP contribution in [0.4, 0.5) is 18.9 Å². The zero-order valence-electron chi connectivity index (χ0n) is 16.9. The van der Waals surface area contributed by atoms with Gasteiger partial charge in [-0.25, -0.2) is 13.5 Å². The number of benzene rings is 1. The van der Waals surface area contributed by atoms with Crippen molar-refractivity contribution in [2.75, 3.05) is 37.3 Å². The summed E-state index contributed by atoms with van der Waals surface area (Å²) in [5.41, 5.74) is 4.99. The Labute approximate surface area is 177 Å². The third-order valence-corrected chi connectivity index (χ3v) is 7.14. The summed E-state index contributed by atoms with van der Waals surface area (Å²) in [6.45, 7) is 2.93. The number of aromatic nitrogens is 4. The van der Waals surface area contributed by atoms with Gasteiger partial charge in [-0.05, 0) is 41.8 Å². The van der Waals surface area contributed by atoms with E-state index in [0.29, 0.717) is 24.8 Å². The molecular weight excluding hydrogens is 435 g/mol. The maximum Gasteiger partial charge on any atom is 0.417 e. The standard InChI is InChI=1S/C18H24F3N7O2S/c1-31(29,30)16-13(18(19,20)21)2-3-14(15(16)17-23-25-26-24-17)27-8-5-12(6-9-27)28-7-4-11(22)10-28/h2-3,11-12H,4-10,22H2,1H3,(H,23,24,25,26). The number of alkyl halides is 3. The fourth-order valence-corrected chi connectivity index (χ4v) is 5.71. The first-order chi connectivity index (χ1) is 14.6. The molecule has 2 aliphatic rings. The lowest BCUT2D eigenvalue weighted by molar-refractivity contribution is -0.139. The van der Waals surface area contributed by atoms with Gasteiger partial charge in [0, 0.05) is 50.2 Å². The maximum atomic E-state index is 13.7. The molecule has 9 nitrogen and oxygen atoms in total. The minimum absolute atomic E-state index is 0.117. The zero-order chi connectivity index (χ0) is 22.4. The number of nitrogens with two attached hydrogens (primary N) is 1. The van der Waals surface area contributed by atoms with Gasteiger partial charge in [0.15, 0.2) is 15.7 Å². The van der Waals surface area contributed by atoms with E-state index < -0.39 is 26.5 Å². The van der Waals surface area contributed by atoms with Crippen LogP contribution >= 0.6 is 0 Å². The molecular formula is C18H24F3N7O2S. The van der Waals surface area contributed by atoms with E-state index in [1.165, 1.54) is 6.07 Å². The molecule has 4 rings (SSSR count). The van der Waals surface area contributed by atoms with Gasteiger partial charge in [0.05, 0.1) is 16.0 Å². The Morgan fingerprint density at radius 2 is 1.87 bits per heavy atom. The van der Waals surface area contributed by atoms with Crippen molar-refractivity contribution in [3.63, 3.8) is 0 Å². The van der Waals surface area contributed by atoms with Crippen LogP contribution in [0.3, 0.4) is 0 Å². The van der Waals surface area contributed by atoms with Crippen LogP contribution in [-0.4, -0.2) is 78.5 Å². The number of hydrogen-bond donors (Lipinski definition) is 2. The predicted octanol–water partition coefficient (Wildman–Crippen LogP) is 1.29. The van der Waals surface area contributed by atoms with Gasteiger partial charge < -0.3 is 10.6 Å². The second-order valence-electron chi connectivity index (χ2n) is 8.12. The van der Waals surface area contributed by atoms with Crippen molar-refractivity contribution >= 4 is 15.5 Å². The van der Waals surface area contributed by atoms with Crippen LogP contribution in [-0.2, 0) is 16.0 Å². The number of hydrogen-bond acceptors (Lipinski definition) is 8. The molecule has 13 heteroatoms. The number of halogens is 3. The van der Waals surface area contributed by atoms with Gasteiger partial charge in [0.1, 0.15) is 0 Å². The number of H-pyrrole nitrogens is 1. The fraction of sp³-hybridized carbons (Fsp3) is 0.611. The summed E-state index contributed by atoms with van der Waals surface area (Å²) in [4.78, 5) is 3.45. The Morgan fingerprint density at radius 3 is 2.39 bits per heavy atom. The molecule has 2 aliphatic heterocycles. The summed E-state index contributed by atoms with van der Waals surface area (Å²) in [6, 6.07) is 2.66. The Hall–Kier alpha value is -2.25. The number of nitrogens with one attached hydrogen (secondary N) is 1. The normalized spacial score (nSPS) is 21.7. The summed E-state index contributed by atoms with van der Waals surface area (Å²) in [5, 5.41) is 13.0. The number of nitrogens with zero attached hydrogens (tertiary/aromatic N) is 5. The van der Waals surface area contributed by atoms with Crippen molar-refractivity contribution in [2.45, 2.75) is 42.4 Å². The molecule has 2 saturated heterocycles. The lowest BCUT2D eigenvalue weighted by atomic mass is 10.00. The first-order valence-electron chi connectivity index (χ1n) is 9.98. The van der Waals surface area contributed by atoms with Crippen molar-refractivity contribution in [3.05, 3.63) is 17.7 Å². The molecule has 170 valence electrons. The molecule has 3 heterocycles. The maximum absolute atomic E-state index is 13.7. The van der Waals surface area contributed by atoms with Gasteiger partial charge >= 0.3 is 6.18 Å². The summed E-state index contributed by atoms with van der Waals surface area (Å²) in [7, 11) is -4.25. The van der Waals surface area contributed by atoms with E-state index in [0.717, 1.165) is 44.7 Å². The minimum Gasteiger partial charge on any atom is -0.371 e. The molecule has 1 atom stereocenters. The number of piperidine rings is 1. The number of likely N-dealkylation sites (tertiary alicyclic amines) is 1. The molecule has 2 fully saturated rings. The van der Waals surface area contributed by atoms with Gasteiger partial charge in [0.25, 0.3) is 0 Å². The van der Waals surface area contributed by atoms with E-state index in [1.54, 1.807) is 0 Å². The SMILES string of the molecule is CS(=O)(=O)c1c(C(F)(F)F)ccc(N2CCC(N3CCC(N)C3)CC2)c1-c1nnn[nH]1. The van der Waals surface area contributed by atoms with Crippen LogP contribution in [0.1, 0.15) is 24.8 Å². The lowest BCUT2D eigenvalue weighted by Crippen LogP contribution is -2.45. The molecule has 0 amide bonds. The second kappa shape index (κ2) is 8.02. The summed E-state index contributed by atoms with van der Waals surface area (Å²) in [6.07, 6.45) is -1.52. The van der Waals surface area contributed by atoms with Crippen LogP contribution in [0.5, 0.6) is 0 Å². The van der Waals surface area contributed by atoms with Crippen molar-refractivity contribution in [1.82, 2.24) is 25.5 Å². The molecule has 0 radical (unpaired) electrons. The molecule has 31 heavy (non-hydrogen) atoms. The van der Waals surface area contributed by atoms with Crippen LogP contribution < -0.4 is 10.6 Å². The van der Waals surface area contributed by atoms with Crippen LogP contribution in [0.2, 0.25) is 0 Å². The van der Waals surface area contributed by atoms with Crippen molar-refractivity contribution in [3.8, 4) is 11.4 Å². The minimum atomic E-state index is -4.85. The van der Waals surface area contributed by atoms with E-state index in [1.807, 2.05) is 4.90 Å². The third kappa shape index (κ3) is 4.39. The molecule has 0 aliphatic carbocycles. The van der Waals surface area contributed by atoms with Gasteiger partial charge in [-0.1, -0.05) is 0 Å². The Kier molecular flexibility index (Phi) is 5.68. The van der Waals surface area contributed by atoms with E-state index in [-0.39, 0.29) is 17.4 Å². The van der Waals surface area contributed by atoms with Crippen molar-refractivity contribution in [1.29, 1.82) is 0 Å². The Balaban J connectivity index is 1.73. The average molecular weight is 459 g/mol. The molecule has 0 spiro atoms. The Bertz CT molecular complexity index is 1040. The van der Waals surface area contributed by atoms with Gasteiger partial charge in [-0.15, -0.1) is 5.10 Å². The number of anilines is 1. The molecule has 0 bridgehead atoms. The monoisotopic (exact) mass is 459 g/mol. The molecule has 1 aromatic carbocycles. The largest absolute Gasteiger partial charge is 0.417 e. The highest BCUT2D eigenvalue weighted by Crippen LogP contribution is 2.43. The molecule has 2 aromatic rings. The van der Waals surface area contributed by atoms with E-state index >= 15 is 0 Å². The van der Waals surface area contributed by atoms with Crippen molar-refractivity contribution < 1.29 is 21.6 Å². The Morgan fingerprint density at radius 1 is 1.16 bits per heavy atom. The summed E-state index contributed by atoms with van der Waals surface area (Å²) >= 11 is 0. The number of tetrazole rings is 1. The van der Waals surface area contributed by atoms with Gasteiger partial charge in [-0.2, -0.15) is 13.2 Å². The highest BCUT2D eigenvalue weighted by Gasteiger charge is 2.40. The van der Waals surface area contributed by atoms with E-state index in [4.69, 9.17) is 5.73 Å². The quantitative estimate of drug-likeness (QED) is 0.702. The highest BCUT2D eigenvalue weighted by atomic mass is 32.2. The van der Waals surface area contributed by atoms with Crippen LogP contribution in [0, 0.1) is 0 Å². The lowest BCUT2D eigenvalue weighted by Gasteiger charge is -2.38. The summed E-state index contributed by atoms with van der Waals surface area (Å²) < 4.78 is 66.0. The fourth-order valence-electron chi connectivity index (χ4n) is 4.56. The zero-order valence-corrected chi connectivity index (χ0v) is 17.7. The van der Waals surface area contributed by atoms with Gasteiger partial charge in [0.2, 0.25) is 0 Å². The molecule has 3 N–H and O–H groups in total. The third-order valence-electron chi connectivity index (χ3n) is 5.97. The second-order valence-corrected chi connectivity index (χ2v) is 10.1. The molecule has 1 unspecified atom stereocenters. The highest BCUT2D eigenvalue weighted by molar-refractivity contribution is 7.91. The summed E-state index contributed by atoms with van der Waals surface area (Å²) in [5.74, 6) is -0.117. The topological polar surface area (TPSA) is 121 Å². The van der Waals surface area contributed by atoms with Crippen molar-refractivity contribution in [2.24, 2.45) is 5.73 Å². The van der Waals surface area contributed by atoms with Gasteiger partial charge in [-0.3, -0.25) is 4.90 Å². The number of rotatable bonds is 4. The first-order valence-corrected chi connectivity index (χ1v) is 11.9. The predicted molar refractivity (Wildman–Crippen MR) is 107 cm³/mol. The molecule has 1 aromatic heterocycles. The number of sulfone groups is 1. The average Bonchev–Trinajstić information content (AvgIpc) is 3.37. The van der Waals surface area contributed by atoms with E-state index in [9.17, 15) is 21.6 Å². The smallest absolute Gasteiger partial charge is 0.371 e. The van der Waals surface area contributed by atoms with Crippen LogP contribution in [0.25, 0.3) is 11.4 Å². The molecule has 0 saturated carbocycles. The van der Waals surface area contributed by atoms with E-state index in [2.05, 4.69) is 25.5 Å². The first kappa shape index (κ1) is 22.0. The van der Waals surface area contributed by atoms with Crippen LogP contribution in [0.15, 0.2) is 17.0 Å². The number of aromatic amines is 1.